The summed E-state index contributed by atoms with van der Waals surface area (Å²) in [6.07, 6.45) is 0. The summed E-state index contributed by atoms with van der Waals surface area (Å²) in [7, 11) is 0. The zero-order valence-corrected chi connectivity index (χ0v) is 9.14. The van der Waals surface area contributed by atoms with Crippen LogP contribution in [0, 0.1) is 10.1 Å². The predicted octanol–water partition coefficient (Wildman–Crippen LogP) is -1.58. The van der Waals surface area contributed by atoms with Crippen LogP contribution in [0.5, 0.6) is 5.75 Å². The number of hydrogen-bond acceptors (Lipinski definition) is 3. The number of rotatable bonds is 1. The molecule has 4 nitrogen and oxygen atoms in total. The Balaban J connectivity index is 0. The van der Waals surface area contributed by atoms with Gasteiger partial charge in [0, 0.05) is 6.07 Å². The molecule has 11 heavy (non-hydrogen) atoms. The Morgan fingerprint density at radius 2 is 2.00 bits per heavy atom. The number of nitro benzene ring substituents is 1. The van der Waals surface area contributed by atoms with Gasteiger partial charge >= 0.3 is 57.1 Å². The summed E-state index contributed by atoms with van der Waals surface area (Å²) < 4.78 is 0. The van der Waals surface area contributed by atoms with Gasteiger partial charge in [0.15, 0.2) is 5.75 Å². The summed E-state index contributed by atoms with van der Waals surface area (Å²) in [4.78, 5) is 9.44. The molecule has 0 aromatic heterocycles. The number of hydrogen-bond donors (Lipinski definition) is 1. The van der Waals surface area contributed by atoms with Gasteiger partial charge in [-0.05, 0) is 6.07 Å². The second-order valence-corrected chi connectivity index (χ2v) is 1.75. The first-order chi connectivity index (χ1) is 4.72. The second-order valence-electron chi connectivity index (χ2n) is 1.75. The van der Waals surface area contributed by atoms with Crippen molar-refractivity contribution in [3.05, 3.63) is 34.4 Å². The third kappa shape index (κ3) is 2.88. The van der Waals surface area contributed by atoms with Gasteiger partial charge in [0.1, 0.15) is 0 Å². The summed E-state index contributed by atoms with van der Waals surface area (Å²) in [6, 6.07) is 5.55. The van der Waals surface area contributed by atoms with Gasteiger partial charge in [0.2, 0.25) is 0 Å². The van der Waals surface area contributed by atoms with Crippen molar-refractivity contribution in [2.24, 2.45) is 0 Å². The molecular weight excluding hydrogens is 173 g/mol. The first kappa shape index (κ1) is 11.1. The van der Waals surface area contributed by atoms with Gasteiger partial charge in [-0.25, -0.2) is 0 Å². The van der Waals surface area contributed by atoms with Crippen molar-refractivity contribution in [3.63, 3.8) is 0 Å². The Bertz CT molecular complexity index is 269. The first-order valence-electron chi connectivity index (χ1n) is 2.64. The zero-order chi connectivity index (χ0) is 7.56. The van der Waals surface area contributed by atoms with Gasteiger partial charge < -0.3 is 6.53 Å². The molecule has 0 saturated carbocycles. The molecule has 1 rings (SSSR count). The summed E-state index contributed by atoms with van der Waals surface area (Å²) in [6.45, 7) is 0. The standard InChI is InChI=1S/C6H5NO3.K.H/c8-6-4-2-1-3-5(6)7(9)10;;/h1-4,8H;;/q;+1;-1. The molecule has 0 radical (unpaired) electrons. The van der Waals surface area contributed by atoms with Gasteiger partial charge in [-0.15, -0.1) is 0 Å². The van der Waals surface area contributed by atoms with E-state index >= 15 is 0 Å². The Kier molecular flexibility index (Phi) is 4.86. The first-order valence-corrected chi connectivity index (χ1v) is 2.64. The van der Waals surface area contributed by atoms with Crippen LogP contribution in [-0.2, 0) is 0 Å². The Morgan fingerprint density at radius 3 is 2.36 bits per heavy atom. The Labute approximate surface area is 107 Å². The van der Waals surface area contributed by atoms with Crippen LogP contribution in [0.3, 0.4) is 0 Å². The van der Waals surface area contributed by atoms with E-state index in [-0.39, 0.29) is 64.2 Å². The number of para-hydroxylation sites is 2. The van der Waals surface area contributed by atoms with Crippen molar-refractivity contribution >= 4 is 5.69 Å². The van der Waals surface area contributed by atoms with E-state index in [0.717, 1.165) is 0 Å². The molecular formula is C6H6KNO3. The van der Waals surface area contributed by atoms with E-state index in [4.69, 9.17) is 5.11 Å². The molecule has 0 atom stereocenters. The van der Waals surface area contributed by atoms with Crippen molar-refractivity contribution in [2.45, 2.75) is 0 Å². The quantitative estimate of drug-likeness (QED) is 0.321. The van der Waals surface area contributed by atoms with Gasteiger partial charge in [-0.3, -0.25) is 10.1 Å². The van der Waals surface area contributed by atoms with Crippen LogP contribution in [0.4, 0.5) is 5.69 Å². The number of aromatic hydroxyl groups is 1. The molecule has 0 spiro atoms. The molecule has 0 amide bonds. The molecule has 54 valence electrons. The fraction of sp³-hybridized carbons (Fsp3) is 0. The molecule has 5 heteroatoms. The number of benzene rings is 1. The van der Waals surface area contributed by atoms with Crippen molar-refractivity contribution < 1.29 is 62.8 Å². The van der Waals surface area contributed by atoms with Crippen LogP contribution in [0.1, 0.15) is 1.43 Å². The summed E-state index contributed by atoms with van der Waals surface area (Å²) in [5.74, 6) is -0.299. The van der Waals surface area contributed by atoms with Gasteiger partial charge in [0.25, 0.3) is 0 Å². The largest absolute Gasteiger partial charge is 1.00 e. The SMILES string of the molecule is O=[N+]([O-])c1ccccc1O.[H-].[K+]. The average Bonchev–Trinajstić information content (AvgIpc) is 1.88. The maximum absolute atomic E-state index is 10.1. The minimum atomic E-state index is -0.630. The molecule has 0 fully saturated rings. The number of nitro groups is 1. The third-order valence-corrected chi connectivity index (χ3v) is 1.08. The maximum Gasteiger partial charge on any atom is 1.00 e. The normalized spacial score (nSPS) is 8.36. The fourth-order valence-corrected chi connectivity index (χ4v) is 0.619. The fourth-order valence-electron chi connectivity index (χ4n) is 0.619. The number of nitrogens with zero attached hydrogens (tertiary/aromatic N) is 1. The van der Waals surface area contributed by atoms with E-state index in [0.29, 0.717) is 0 Å². The molecule has 1 aromatic rings. The molecule has 1 aromatic carbocycles. The molecule has 0 unspecified atom stereocenters. The second kappa shape index (κ2) is 4.84. The van der Waals surface area contributed by atoms with Gasteiger partial charge in [0.05, 0.1) is 4.92 Å². The number of phenolic OH excluding ortho intramolecular Hbond substituents is 1. The molecule has 0 saturated heterocycles. The predicted molar refractivity (Wildman–Crippen MR) is 35.9 cm³/mol. The Morgan fingerprint density at radius 1 is 1.45 bits per heavy atom. The smallest absolute Gasteiger partial charge is 1.00 e. The van der Waals surface area contributed by atoms with Crippen LogP contribution >= 0.6 is 0 Å². The minimum Gasteiger partial charge on any atom is -1.00 e. The monoisotopic (exact) mass is 179 g/mol. The minimum absolute atomic E-state index is 0. The molecule has 1 N–H and O–H groups in total. The van der Waals surface area contributed by atoms with E-state index < -0.39 is 4.92 Å². The van der Waals surface area contributed by atoms with Crippen molar-refractivity contribution in [3.8, 4) is 5.75 Å². The van der Waals surface area contributed by atoms with E-state index in [1.54, 1.807) is 0 Å². The van der Waals surface area contributed by atoms with Crippen molar-refractivity contribution in [2.75, 3.05) is 0 Å². The molecule has 0 heterocycles. The van der Waals surface area contributed by atoms with Crippen LogP contribution in [-0.4, -0.2) is 10.0 Å². The van der Waals surface area contributed by atoms with Gasteiger partial charge in [-0.1, -0.05) is 12.1 Å². The Hall–Kier alpha value is 0.0564. The van der Waals surface area contributed by atoms with E-state index in [2.05, 4.69) is 0 Å². The molecule has 0 bridgehead atoms. The topological polar surface area (TPSA) is 63.4 Å². The van der Waals surface area contributed by atoms with Crippen molar-refractivity contribution in [1.82, 2.24) is 0 Å². The van der Waals surface area contributed by atoms with Crippen LogP contribution in [0.2, 0.25) is 0 Å². The summed E-state index contributed by atoms with van der Waals surface area (Å²) >= 11 is 0. The van der Waals surface area contributed by atoms with Crippen LogP contribution in [0.25, 0.3) is 0 Å². The summed E-state index contributed by atoms with van der Waals surface area (Å²) in [5.41, 5.74) is -0.262. The summed E-state index contributed by atoms with van der Waals surface area (Å²) in [5, 5.41) is 18.9. The van der Waals surface area contributed by atoms with Crippen molar-refractivity contribution in [1.29, 1.82) is 0 Å². The average molecular weight is 179 g/mol. The zero-order valence-electron chi connectivity index (χ0n) is 7.02. The molecule has 0 aliphatic heterocycles. The van der Waals surface area contributed by atoms with Crippen LogP contribution in [0.15, 0.2) is 24.3 Å². The number of phenols is 1. The van der Waals surface area contributed by atoms with E-state index in [9.17, 15) is 10.1 Å². The molecule has 0 aliphatic rings. The third-order valence-electron chi connectivity index (χ3n) is 1.08. The van der Waals surface area contributed by atoms with Gasteiger partial charge in [-0.2, -0.15) is 0 Å². The van der Waals surface area contributed by atoms with E-state index in [1.165, 1.54) is 24.3 Å². The molecule has 0 aliphatic carbocycles. The van der Waals surface area contributed by atoms with E-state index in [1.807, 2.05) is 0 Å². The van der Waals surface area contributed by atoms with Crippen LogP contribution < -0.4 is 51.4 Å². The maximum atomic E-state index is 10.1.